The zero-order valence-corrected chi connectivity index (χ0v) is 11.2. The Bertz CT molecular complexity index is 477. The predicted molar refractivity (Wildman–Crippen MR) is 74.8 cm³/mol. The van der Waals surface area contributed by atoms with Crippen LogP contribution in [0.25, 0.3) is 10.1 Å². The van der Waals surface area contributed by atoms with Gasteiger partial charge in [-0.05, 0) is 29.9 Å². The maximum atomic E-state index is 12.0. The first-order valence-corrected chi connectivity index (χ1v) is 7.00. The highest BCUT2D eigenvalue weighted by molar-refractivity contribution is 7.20. The molecule has 1 aromatic heterocycles. The largest absolute Gasteiger partial charge is 0.293 e. The molecular formula is C15H18OS. The molecule has 0 saturated carbocycles. The van der Waals surface area contributed by atoms with Crippen LogP contribution in [0.15, 0.2) is 30.3 Å². The summed E-state index contributed by atoms with van der Waals surface area (Å²) < 4.78 is 1.21. The van der Waals surface area contributed by atoms with E-state index in [9.17, 15) is 4.79 Å². The van der Waals surface area contributed by atoms with Gasteiger partial charge in [-0.1, -0.05) is 38.5 Å². The van der Waals surface area contributed by atoms with E-state index in [1.54, 1.807) is 11.3 Å². The quantitative estimate of drug-likeness (QED) is 0.685. The third kappa shape index (κ3) is 3.16. The molecule has 0 N–H and O–H groups in total. The van der Waals surface area contributed by atoms with Crippen molar-refractivity contribution >= 4 is 27.2 Å². The zero-order valence-electron chi connectivity index (χ0n) is 10.4. The molecule has 0 unspecified atom stereocenters. The Labute approximate surface area is 106 Å². The fourth-order valence-corrected chi connectivity index (χ4v) is 2.94. The first kappa shape index (κ1) is 12.3. The van der Waals surface area contributed by atoms with Crippen LogP contribution in [-0.4, -0.2) is 5.78 Å². The van der Waals surface area contributed by atoms with Gasteiger partial charge in [-0.15, -0.1) is 11.3 Å². The highest BCUT2D eigenvalue weighted by Crippen LogP contribution is 2.26. The second kappa shape index (κ2) is 5.46. The Hall–Kier alpha value is -1.15. The van der Waals surface area contributed by atoms with Gasteiger partial charge in [0, 0.05) is 11.1 Å². The summed E-state index contributed by atoms with van der Waals surface area (Å²) in [5.41, 5.74) is 0. The summed E-state index contributed by atoms with van der Waals surface area (Å²) in [4.78, 5) is 12.9. The number of benzene rings is 1. The minimum absolute atomic E-state index is 0.298. The van der Waals surface area contributed by atoms with Gasteiger partial charge < -0.3 is 0 Å². The second-order valence-corrected chi connectivity index (χ2v) is 5.94. The molecule has 0 spiro atoms. The maximum Gasteiger partial charge on any atom is 0.172 e. The van der Waals surface area contributed by atoms with E-state index in [4.69, 9.17) is 0 Å². The lowest BCUT2D eigenvalue weighted by molar-refractivity contribution is 0.0982. The number of hydrogen-bond acceptors (Lipinski definition) is 2. The topological polar surface area (TPSA) is 17.1 Å². The molecule has 0 fully saturated rings. The summed E-state index contributed by atoms with van der Waals surface area (Å²) >= 11 is 1.61. The first-order valence-electron chi connectivity index (χ1n) is 6.18. The van der Waals surface area contributed by atoms with Gasteiger partial charge in [0.25, 0.3) is 0 Å². The van der Waals surface area contributed by atoms with Gasteiger partial charge in [-0.25, -0.2) is 0 Å². The number of thiophene rings is 1. The summed E-state index contributed by atoms with van der Waals surface area (Å²) in [7, 11) is 0. The van der Waals surface area contributed by atoms with Crippen LogP contribution < -0.4 is 0 Å². The number of hydrogen-bond donors (Lipinski definition) is 0. The van der Waals surface area contributed by atoms with Crippen LogP contribution >= 0.6 is 11.3 Å². The summed E-state index contributed by atoms with van der Waals surface area (Å²) in [6, 6.07) is 10.2. The fourth-order valence-electron chi connectivity index (χ4n) is 1.91. The SMILES string of the molecule is CC(C)CCCC(=O)c1cc2ccccc2s1. The standard InChI is InChI=1S/C15H18OS/c1-11(2)6-5-8-13(16)15-10-12-7-3-4-9-14(12)17-15/h3-4,7,9-11H,5-6,8H2,1-2H3. The molecule has 0 amide bonds. The molecule has 2 rings (SSSR count). The van der Waals surface area contributed by atoms with Crippen molar-refractivity contribution in [2.75, 3.05) is 0 Å². The molecule has 0 aliphatic rings. The summed E-state index contributed by atoms with van der Waals surface area (Å²) in [5, 5.41) is 1.18. The van der Waals surface area contributed by atoms with E-state index in [0.29, 0.717) is 18.1 Å². The Kier molecular flexibility index (Phi) is 3.95. The van der Waals surface area contributed by atoms with Gasteiger partial charge in [0.2, 0.25) is 0 Å². The van der Waals surface area contributed by atoms with E-state index in [-0.39, 0.29) is 0 Å². The number of Topliss-reactive ketones (excluding diaryl/α,β-unsaturated/α-hetero) is 1. The maximum absolute atomic E-state index is 12.0. The Morgan fingerprint density at radius 1 is 1.29 bits per heavy atom. The molecule has 0 saturated heterocycles. The number of carbonyl (C=O) groups excluding carboxylic acids is 1. The first-order chi connectivity index (χ1) is 8.16. The molecule has 0 radical (unpaired) electrons. The molecule has 2 heteroatoms. The van der Waals surface area contributed by atoms with E-state index in [0.717, 1.165) is 17.7 Å². The van der Waals surface area contributed by atoms with E-state index in [1.165, 1.54) is 10.1 Å². The third-order valence-electron chi connectivity index (χ3n) is 2.89. The van der Waals surface area contributed by atoms with Gasteiger partial charge in [-0.2, -0.15) is 0 Å². The molecule has 1 nitrogen and oxygen atoms in total. The molecule has 0 aliphatic carbocycles. The second-order valence-electron chi connectivity index (χ2n) is 4.86. The minimum atomic E-state index is 0.298. The van der Waals surface area contributed by atoms with E-state index >= 15 is 0 Å². The van der Waals surface area contributed by atoms with Gasteiger partial charge in [-0.3, -0.25) is 4.79 Å². The Morgan fingerprint density at radius 3 is 2.76 bits per heavy atom. The molecule has 0 aliphatic heterocycles. The normalized spacial score (nSPS) is 11.2. The van der Waals surface area contributed by atoms with Crippen LogP contribution in [0.3, 0.4) is 0 Å². The average molecular weight is 246 g/mol. The zero-order chi connectivity index (χ0) is 12.3. The Morgan fingerprint density at radius 2 is 2.06 bits per heavy atom. The molecule has 0 atom stereocenters. The molecule has 1 heterocycles. The third-order valence-corrected chi connectivity index (χ3v) is 4.04. The molecule has 2 aromatic rings. The monoisotopic (exact) mass is 246 g/mol. The minimum Gasteiger partial charge on any atom is -0.293 e. The van der Waals surface area contributed by atoms with Crippen molar-refractivity contribution < 1.29 is 4.79 Å². The van der Waals surface area contributed by atoms with Crippen molar-refractivity contribution in [2.24, 2.45) is 5.92 Å². The summed E-state index contributed by atoms with van der Waals surface area (Å²) in [6.07, 6.45) is 2.83. The molecule has 17 heavy (non-hydrogen) atoms. The highest BCUT2D eigenvalue weighted by atomic mass is 32.1. The fraction of sp³-hybridized carbons (Fsp3) is 0.400. The number of carbonyl (C=O) groups is 1. The van der Waals surface area contributed by atoms with Crippen molar-refractivity contribution in [3.63, 3.8) is 0 Å². The van der Waals surface area contributed by atoms with Crippen molar-refractivity contribution in [2.45, 2.75) is 33.1 Å². The lowest BCUT2D eigenvalue weighted by Gasteiger charge is -2.02. The summed E-state index contributed by atoms with van der Waals surface area (Å²) in [5.74, 6) is 0.983. The highest BCUT2D eigenvalue weighted by Gasteiger charge is 2.09. The molecule has 0 bridgehead atoms. The lowest BCUT2D eigenvalue weighted by Crippen LogP contribution is -1.97. The number of ketones is 1. The van der Waals surface area contributed by atoms with Crippen LogP contribution in [0.4, 0.5) is 0 Å². The van der Waals surface area contributed by atoms with Crippen molar-refractivity contribution in [1.82, 2.24) is 0 Å². The van der Waals surface area contributed by atoms with Gasteiger partial charge >= 0.3 is 0 Å². The Balaban J connectivity index is 2.04. The van der Waals surface area contributed by atoms with Crippen LogP contribution in [-0.2, 0) is 0 Å². The summed E-state index contributed by atoms with van der Waals surface area (Å²) in [6.45, 7) is 4.40. The smallest absolute Gasteiger partial charge is 0.172 e. The predicted octanol–water partition coefficient (Wildman–Crippen LogP) is 4.91. The molecular weight excluding hydrogens is 228 g/mol. The van der Waals surface area contributed by atoms with Gasteiger partial charge in [0.05, 0.1) is 4.88 Å². The lowest BCUT2D eigenvalue weighted by atomic mass is 10.0. The van der Waals surface area contributed by atoms with Crippen LogP contribution in [0.5, 0.6) is 0 Å². The van der Waals surface area contributed by atoms with Crippen molar-refractivity contribution in [1.29, 1.82) is 0 Å². The van der Waals surface area contributed by atoms with Crippen LogP contribution in [0.2, 0.25) is 0 Å². The number of rotatable bonds is 5. The van der Waals surface area contributed by atoms with Crippen molar-refractivity contribution in [3.8, 4) is 0 Å². The van der Waals surface area contributed by atoms with E-state index < -0.39 is 0 Å². The van der Waals surface area contributed by atoms with Crippen LogP contribution in [0, 0.1) is 5.92 Å². The average Bonchev–Trinajstić information content (AvgIpc) is 2.71. The van der Waals surface area contributed by atoms with E-state index in [2.05, 4.69) is 26.0 Å². The number of fused-ring (bicyclic) bond motifs is 1. The van der Waals surface area contributed by atoms with Gasteiger partial charge in [0.1, 0.15) is 0 Å². The van der Waals surface area contributed by atoms with Crippen LogP contribution in [0.1, 0.15) is 42.8 Å². The molecule has 1 aromatic carbocycles. The van der Waals surface area contributed by atoms with Crippen molar-refractivity contribution in [3.05, 3.63) is 35.2 Å². The van der Waals surface area contributed by atoms with E-state index in [1.807, 2.05) is 18.2 Å². The van der Waals surface area contributed by atoms with Gasteiger partial charge in [0.15, 0.2) is 5.78 Å². The molecule has 90 valence electrons.